The van der Waals surface area contributed by atoms with E-state index in [1.54, 1.807) is 0 Å². The lowest BCUT2D eigenvalue weighted by Crippen LogP contribution is -2.52. The largest absolute Gasteiger partial charge is 0.352 e. The number of carbonyl (C=O) groups is 1. The van der Waals surface area contributed by atoms with E-state index in [1.165, 1.54) is 0 Å². The number of nitrogens with zero attached hydrogens (tertiary/aromatic N) is 1. The number of benzene rings is 3. The zero-order chi connectivity index (χ0) is 22.6. The van der Waals surface area contributed by atoms with Crippen LogP contribution in [0.5, 0.6) is 0 Å². The summed E-state index contributed by atoms with van der Waals surface area (Å²) in [5, 5.41) is 13.4. The third kappa shape index (κ3) is 4.56. The Balaban J connectivity index is 1.60. The summed E-state index contributed by atoms with van der Waals surface area (Å²) in [5.74, 6) is 0.126. The molecule has 1 aliphatic rings. The monoisotopic (exact) mass is 442 g/mol. The minimum atomic E-state index is -0.436. The van der Waals surface area contributed by atoms with Crippen LogP contribution in [0.3, 0.4) is 0 Å². The molecule has 0 saturated heterocycles. The van der Waals surface area contributed by atoms with Crippen molar-refractivity contribution < 1.29 is 4.79 Å². The van der Waals surface area contributed by atoms with E-state index in [2.05, 4.69) is 30.4 Å². The second-order valence-corrected chi connectivity index (χ2v) is 9.17. The molecular weight excluding hydrogens is 416 g/mol. The maximum Gasteiger partial charge on any atom is 0.230 e. The number of halogens is 1. The van der Waals surface area contributed by atoms with Crippen molar-refractivity contribution in [2.24, 2.45) is 0 Å². The molecular formula is C28H27ClN2O. The van der Waals surface area contributed by atoms with Gasteiger partial charge in [-0.25, -0.2) is 0 Å². The Morgan fingerprint density at radius 3 is 2.41 bits per heavy atom. The minimum Gasteiger partial charge on any atom is -0.352 e. The van der Waals surface area contributed by atoms with Crippen LogP contribution < -0.4 is 5.32 Å². The van der Waals surface area contributed by atoms with Crippen LogP contribution in [0.25, 0.3) is 0 Å². The van der Waals surface area contributed by atoms with Crippen molar-refractivity contribution in [2.75, 3.05) is 0 Å². The predicted octanol–water partition coefficient (Wildman–Crippen LogP) is 6.16. The van der Waals surface area contributed by atoms with Gasteiger partial charge >= 0.3 is 0 Å². The summed E-state index contributed by atoms with van der Waals surface area (Å²) < 4.78 is 0. The average Bonchev–Trinajstić information content (AvgIpc) is 2.78. The first-order valence-electron chi connectivity index (χ1n) is 11.1. The lowest BCUT2D eigenvalue weighted by Gasteiger charge is -2.42. The lowest BCUT2D eigenvalue weighted by molar-refractivity contribution is -0.130. The van der Waals surface area contributed by atoms with Crippen molar-refractivity contribution in [3.63, 3.8) is 0 Å². The number of carbonyl (C=O) groups excluding carboxylic acids is 1. The molecule has 0 aromatic heterocycles. The van der Waals surface area contributed by atoms with Gasteiger partial charge in [0.2, 0.25) is 5.91 Å². The van der Waals surface area contributed by atoms with E-state index >= 15 is 0 Å². The van der Waals surface area contributed by atoms with E-state index in [9.17, 15) is 10.1 Å². The lowest BCUT2D eigenvalue weighted by atomic mass is 9.63. The first-order valence-corrected chi connectivity index (χ1v) is 11.5. The summed E-state index contributed by atoms with van der Waals surface area (Å²) in [7, 11) is 0. The summed E-state index contributed by atoms with van der Waals surface area (Å²) >= 11 is 6.07. The topological polar surface area (TPSA) is 52.9 Å². The molecule has 1 aliphatic carbocycles. The highest BCUT2D eigenvalue weighted by atomic mass is 35.5. The molecule has 4 heteroatoms. The zero-order valence-corrected chi connectivity index (χ0v) is 19.0. The number of hydrogen-bond donors (Lipinski definition) is 1. The number of amides is 1. The zero-order valence-electron chi connectivity index (χ0n) is 18.2. The van der Waals surface area contributed by atoms with Gasteiger partial charge in [-0.05, 0) is 67.1 Å². The molecule has 3 aromatic rings. The number of nitrogens with one attached hydrogen (secondary N) is 1. The smallest absolute Gasteiger partial charge is 0.230 e. The molecule has 32 heavy (non-hydrogen) atoms. The van der Waals surface area contributed by atoms with E-state index in [4.69, 9.17) is 11.6 Å². The van der Waals surface area contributed by atoms with Crippen molar-refractivity contribution in [1.82, 2.24) is 5.32 Å². The summed E-state index contributed by atoms with van der Waals surface area (Å²) in [6.07, 6.45) is 3.56. The van der Waals surface area contributed by atoms with Crippen LogP contribution >= 0.6 is 11.6 Å². The Morgan fingerprint density at radius 2 is 1.78 bits per heavy atom. The van der Waals surface area contributed by atoms with Crippen LogP contribution in [0.4, 0.5) is 0 Å². The van der Waals surface area contributed by atoms with Crippen molar-refractivity contribution in [1.29, 1.82) is 5.26 Å². The third-order valence-corrected chi connectivity index (χ3v) is 7.00. The Kier molecular flexibility index (Phi) is 6.63. The van der Waals surface area contributed by atoms with E-state index in [-0.39, 0.29) is 17.9 Å². The molecule has 0 spiro atoms. The van der Waals surface area contributed by atoms with E-state index in [0.29, 0.717) is 10.6 Å². The number of nitriles is 1. The van der Waals surface area contributed by atoms with Gasteiger partial charge in [-0.15, -0.1) is 0 Å². The molecule has 0 radical (unpaired) electrons. The van der Waals surface area contributed by atoms with Crippen molar-refractivity contribution in [2.45, 2.75) is 50.0 Å². The van der Waals surface area contributed by atoms with Gasteiger partial charge in [0.05, 0.1) is 17.0 Å². The predicted molar refractivity (Wildman–Crippen MR) is 129 cm³/mol. The van der Waals surface area contributed by atoms with Gasteiger partial charge in [-0.1, -0.05) is 72.6 Å². The maximum absolute atomic E-state index is 13.5. The maximum atomic E-state index is 13.5. The molecule has 0 heterocycles. The minimum absolute atomic E-state index is 0.0290. The Bertz CT molecular complexity index is 1110. The second-order valence-electron chi connectivity index (χ2n) is 8.74. The fourth-order valence-electron chi connectivity index (χ4n) is 4.68. The van der Waals surface area contributed by atoms with Crippen LogP contribution in [0.2, 0.25) is 5.02 Å². The van der Waals surface area contributed by atoms with Crippen LogP contribution in [0, 0.1) is 11.3 Å². The fraction of sp³-hybridized carbons (Fsp3) is 0.286. The molecule has 1 unspecified atom stereocenters. The van der Waals surface area contributed by atoms with Gasteiger partial charge in [-0.3, -0.25) is 4.79 Å². The highest BCUT2D eigenvalue weighted by Gasteiger charge is 2.46. The van der Waals surface area contributed by atoms with Gasteiger partial charge in [-0.2, -0.15) is 5.26 Å². The molecule has 0 aliphatic heterocycles. The van der Waals surface area contributed by atoms with Crippen molar-refractivity contribution in [3.05, 3.63) is 106 Å². The Morgan fingerprint density at radius 1 is 1.06 bits per heavy atom. The van der Waals surface area contributed by atoms with E-state index in [0.717, 1.165) is 42.4 Å². The Labute approximate surface area is 195 Å². The molecule has 162 valence electrons. The molecule has 4 rings (SSSR count). The highest BCUT2D eigenvalue weighted by Crippen LogP contribution is 2.44. The summed E-state index contributed by atoms with van der Waals surface area (Å²) in [6.45, 7) is 2.06. The van der Waals surface area contributed by atoms with Crippen LogP contribution in [-0.2, 0) is 16.6 Å². The summed E-state index contributed by atoms with van der Waals surface area (Å²) in [4.78, 5) is 13.5. The Hall–Kier alpha value is -3.09. The van der Waals surface area contributed by atoms with Gasteiger partial charge in [0.25, 0.3) is 0 Å². The highest BCUT2D eigenvalue weighted by molar-refractivity contribution is 6.30. The fourth-order valence-corrected chi connectivity index (χ4v) is 4.80. The van der Waals surface area contributed by atoms with Crippen LogP contribution in [0.15, 0.2) is 78.9 Å². The van der Waals surface area contributed by atoms with E-state index < -0.39 is 5.41 Å². The standard InChI is InChI=1S/C28H27ClN2O/c1-20(31-27(32)28(15-6-16-28)24-9-3-2-4-10-24)26(18-21-11-13-25(29)14-12-21)23-8-5-7-22(17-23)19-30/h2-5,7-14,17,20,26H,6,15-16,18H2,1H3,(H,31,32)/t20-,26?/m0/s1. The molecule has 3 nitrogen and oxygen atoms in total. The summed E-state index contributed by atoms with van der Waals surface area (Å²) in [5.41, 5.74) is 3.48. The van der Waals surface area contributed by atoms with Crippen LogP contribution in [-0.4, -0.2) is 11.9 Å². The van der Waals surface area contributed by atoms with Gasteiger partial charge in [0.15, 0.2) is 0 Å². The quantitative estimate of drug-likeness (QED) is 0.476. The molecule has 1 amide bonds. The van der Waals surface area contributed by atoms with Gasteiger partial charge in [0.1, 0.15) is 0 Å². The first-order chi connectivity index (χ1) is 15.5. The normalized spacial score (nSPS) is 16.3. The van der Waals surface area contributed by atoms with Gasteiger partial charge in [0, 0.05) is 17.0 Å². The molecule has 2 atom stereocenters. The summed E-state index contributed by atoms with van der Waals surface area (Å²) in [6, 6.07) is 27.8. The second kappa shape index (κ2) is 9.59. The van der Waals surface area contributed by atoms with Crippen molar-refractivity contribution >= 4 is 17.5 Å². The number of hydrogen-bond acceptors (Lipinski definition) is 2. The van der Waals surface area contributed by atoms with E-state index in [1.807, 2.05) is 66.7 Å². The molecule has 1 N–H and O–H groups in total. The van der Waals surface area contributed by atoms with Crippen LogP contribution in [0.1, 0.15) is 54.4 Å². The molecule has 0 bridgehead atoms. The van der Waals surface area contributed by atoms with Gasteiger partial charge < -0.3 is 5.32 Å². The number of rotatable bonds is 7. The SMILES string of the molecule is C[C@H](NC(=O)C1(c2ccccc2)CCC1)C(Cc1ccc(Cl)cc1)c1cccc(C#N)c1. The first kappa shape index (κ1) is 22.1. The molecule has 1 fully saturated rings. The molecule has 3 aromatic carbocycles. The average molecular weight is 443 g/mol. The van der Waals surface area contributed by atoms with Crippen molar-refractivity contribution in [3.8, 4) is 6.07 Å². The third-order valence-electron chi connectivity index (χ3n) is 6.74. The molecule has 1 saturated carbocycles.